The summed E-state index contributed by atoms with van der Waals surface area (Å²) >= 11 is 1.95. The van der Waals surface area contributed by atoms with Crippen molar-refractivity contribution in [2.24, 2.45) is 0 Å². The van der Waals surface area contributed by atoms with Crippen LogP contribution in [0.5, 0.6) is 0 Å². The molecule has 0 saturated heterocycles. The Labute approximate surface area is 132 Å². The lowest BCUT2D eigenvalue weighted by Crippen LogP contribution is -2.61. The van der Waals surface area contributed by atoms with Crippen molar-refractivity contribution in [3.8, 4) is 0 Å². The van der Waals surface area contributed by atoms with Gasteiger partial charge in [-0.05, 0) is 41.6 Å². The predicted molar refractivity (Wildman–Crippen MR) is 77.9 cm³/mol. The lowest BCUT2D eigenvalue weighted by Gasteiger charge is -2.28. The normalized spacial score (nSPS) is 14.3. The Morgan fingerprint density at radius 2 is 1.86 bits per heavy atom. The smallest absolute Gasteiger partial charge is 0.417 e. The van der Waals surface area contributed by atoms with Gasteiger partial charge in [0, 0.05) is 3.57 Å². The summed E-state index contributed by atoms with van der Waals surface area (Å²) in [7, 11) is 0. The van der Waals surface area contributed by atoms with E-state index in [-0.39, 0.29) is 0 Å². The molecule has 21 heavy (non-hydrogen) atoms. The number of alkyl halides is 3. The van der Waals surface area contributed by atoms with Crippen LogP contribution in [-0.2, 0) is 9.59 Å². The number of aliphatic carboxylic acids is 1. The molecule has 1 aromatic rings. The zero-order chi connectivity index (χ0) is 16.3. The first kappa shape index (κ1) is 17.7. The van der Waals surface area contributed by atoms with Crippen LogP contribution in [0.15, 0.2) is 24.3 Å². The second kappa shape index (κ2) is 6.60. The molecular weight excluding hydrogens is 404 g/mol. The summed E-state index contributed by atoms with van der Waals surface area (Å²) in [6.45, 7) is -0.317. The van der Waals surface area contributed by atoms with E-state index >= 15 is 0 Å². The molecular formula is C12H12F3IN2O3. The molecule has 0 aliphatic heterocycles. The van der Waals surface area contributed by atoms with E-state index in [2.05, 4.69) is 5.32 Å². The third-order valence-corrected chi connectivity index (χ3v) is 3.69. The van der Waals surface area contributed by atoms with Gasteiger partial charge in [-0.25, -0.2) is 4.79 Å². The Morgan fingerprint density at radius 1 is 1.29 bits per heavy atom. The molecule has 3 N–H and O–H groups in total. The Hall–Kier alpha value is -1.36. The van der Waals surface area contributed by atoms with E-state index in [1.807, 2.05) is 22.6 Å². The lowest BCUT2D eigenvalue weighted by atomic mass is 10.0. The van der Waals surface area contributed by atoms with E-state index in [4.69, 9.17) is 5.11 Å². The van der Waals surface area contributed by atoms with Gasteiger partial charge < -0.3 is 10.4 Å². The summed E-state index contributed by atoms with van der Waals surface area (Å²) in [4.78, 5) is 22.4. The van der Waals surface area contributed by atoms with Gasteiger partial charge in [0.2, 0.25) is 11.4 Å². The minimum Gasteiger partial charge on any atom is -0.480 e. The number of carbonyl (C=O) groups is 2. The van der Waals surface area contributed by atoms with Crippen molar-refractivity contribution in [3.05, 3.63) is 27.8 Å². The van der Waals surface area contributed by atoms with Crippen LogP contribution in [0.2, 0.25) is 0 Å². The quantitative estimate of drug-likeness (QED) is 0.644. The number of carboxylic acid groups (broad SMARTS) is 1. The Bertz CT molecular complexity index is 551. The van der Waals surface area contributed by atoms with Crippen LogP contribution in [0.3, 0.4) is 0 Å². The third-order valence-electron chi connectivity index (χ3n) is 2.75. The molecule has 9 heteroatoms. The molecule has 0 aliphatic rings. The number of hydrogen-bond acceptors (Lipinski definition) is 3. The van der Waals surface area contributed by atoms with Gasteiger partial charge in [0.25, 0.3) is 0 Å². The lowest BCUT2D eigenvalue weighted by molar-refractivity contribution is -0.205. The molecule has 1 unspecified atom stereocenters. The van der Waals surface area contributed by atoms with Gasteiger partial charge in [-0.15, -0.1) is 0 Å². The fourth-order valence-electron chi connectivity index (χ4n) is 1.31. The van der Waals surface area contributed by atoms with Gasteiger partial charge in [0.1, 0.15) is 0 Å². The fourth-order valence-corrected chi connectivity index (χ4v) is 1.83. The van der Waals surface area contributed by atoms with Crippen LogP contribution in [0, 0.1) is 3.57 Å². The number of anilines is 1. The number of benzene rings is 1. The highest BCUT2D eigenvalue weighted by atomic mass is 127. The van der Waals surface area contributed by atoms with Crippen molar-refractivity contribution >= 4 is 40.2 Å². The second-order valence-electron chi connectivity index (χ2n) is 4.31. The highest BCUT2D eigenvalue weighted by Crippen LogP contribution is 2.30. The summed E-state index contributed by atoms with van der Waals surface area (Å²) < 4.78 is 38.9. The maximum atomic E-state index is 12.7. The van der Waals surface area contributed by atoms with Crippen molar-refractivity contribution in [1.29, 1.82) is 0 Å². The average Bonchev–Trinajstić information content (AvgIpc) is 2.37. The number of nitrogens with one attached hydrogen (secondary N) is 2. The average molecular weight is 416 g/mol. The van der Waals surface area contributed by atoms with Crippen LogP contribution >= 0.6 is 22.6 Å². The van der Waals surface area contributed by atoms with Crippen molar-refractivity contribution in [1.82, 2.24) is 5.32 Å². The van der Waals surface area contributed by atoms with Crippen LogP contribution < -0.4 is 10.6 Å². The van der Waals surface area contributed by atoms with Gasteiger partial charge in [-0.2, -0.15) is 13.2 Å². The van der Waals surface area contributed by atoms with Gasteiger partial charge in [-0.1, -0.05) is 12.1 Å². The zero-order valence-electron chi connectivity index (χ0n) is 10.8. The van der Waals surface area contributed by atoms with E-state index < -0.39 is 30.1 Å². The fraction of sp³-hybridized carbons (Fsp3) is 0.333. The molecule has 0 aliphatic carbocycles. The third kappa shape index (κ3) is 4.30. The largest absolute Gasteiger partial charge is 0.480 e. The summed E-state index contributed by atoms with van der Waals surface area (Å²) in [5, 5.41) is 12.8. The van der Waals surface area contributed by atoms with Gasteiger partial charge >= 0.3 is 12.1 Å². The summed E-state index contributed by atoms with van der Waals surface area (Å²) in [5.74, 6) is -2.87. The Balaban J connectivity index is 2.72. The van der Waals surface area contributed by atoms with Gasteiger partial charge in [-0.3, -0.25) is 10.1 Å². The summed E-state index contributed by atoms with van der Waals surface area (Å²) in [5.41, 5.74) is -2.75. The van der Waals surface area contributed by atoms with Crippen molar-refractivity contribution in [3.63, 3.8) is 0 Å². The molecule has 0 aromatic heterocycles. The monoisotopic (exact) mass is 416 g/mol. The van der Waals surface area contributed by atoms with E-state index in [0.29, 0.717) is 16.2 Å². The van der Waals surface area contributed by atoms with E-state index in [0.717, 1.165) is 0 Å². The molecule has 5 nitrogen and oxygen atoms in total. The molecule has 0 bridgehead atoms. The standard InChI is InChI=1S/C12H12F3IN2O3/c1-11(10(20)21,12(13,14)15)17-6-9(19)18-8-5-3-2-4-7(8)16/h2-5,17H,6H2,1H3,(H,18,19)(H,20,21). The molecule has 0 heterocycles. The number of halogens is 4. The molecule has 116 valence electrons. The Kier molecular flexibility index (Phi) is 5.56. The van der Waals surface area contributed by atoms with Crippen LogP contribution in [0.25, 0.3) is 0 Å². The highest BCUT2D eigenvalue weighted by molar-refractivity contribution is 14.1. The van der Waals surface area contributed by atoms with E-state index in [1.165, 1.54) is 0 Å². The number of para-hydroxylation sites is 1. The molecule has 1 rings (SSSR count). The molecule has 1 amide bonds. The second-order valence-corrected chi connectivity index (χ2v) is 5.47. The Morgan fingerprint density at radius 3 is 2.33 bits per heavy atom. The van der Waals surface area contributed by atoms with Crippen molar-refractivity contribution < 1.29 is 27.9 Å². The highest BCUT2D eigenvalue weighted by Gasteiger charge is 2.57. The molecule has 0 radical (unpaired) electrons. The minimum absolute atomic E-state index is 0.439. The maximum absolute atomic E-state index is 12.7. The molecule has 0 saturated carbocycles. The first-order chi connectivity index (χ1) is 9.58. The number of hydrogen-bond donors (Lipinski definition) is 3. The number of carboxylic acids is 1. The zero-order valence-corrected chi connectivity index (χ0v) is 12.9. The molecule has 1 atom stereocenters. The van der Waals surface area contributed by atoms with Crippen molar-refractivity contribution in [2.75, 3.05) is 11.9 Å². The van der Waals surface area contributed by atoms with E-state index in [1.54, 1.807) is 29.6 Å². The van der Waals surface area contributed by atoms with Crippen molar-refractivity contribution in [2.45, 2.75) is 18.6 Å². The number of rotatable bonds is 5. The maximum Gasteiger partial charge on any atom is 0.417 e. The predicted octanol–water partition coefficient (Wildman–Crippen LogP) is 2.22. The van der Waals surface area contributed by atoms with Crippen LogP contribution in [0.1, 0.15) is 6.92 Å². The number of carbonyl (C=O) groups excluding carboxylic acids is 1. The molecule has 0 fully saturated rings. The summed E-state index contributed by atoms with van der Waals surface area (Å²) in [6, 6.07) is 6.68. The molecule has 0 spiro atoms. The van der Waals surface area contributed by atoms with Gasteiger partial charge in [0.15, 0.2) is 0 Å². The molecule has 1 aromatic carbocycles. The first-order valence-corrected chi connectivity index (χ1v) is 6.75. The minimum atomic E-state index is -5.03. The van der Waals surface area contributed by atoms with Crippen LogP contribution in [-0.4, -0.2) is 35.2 Å². The van der Waals surface area contributed by atoms with Crippen LogP contribution in [0.4, 0.5) is 18.9 Å². The van der Waals surface area contributed by atoms with E-state index in [9.17, 15) is 22.8 Å². The van der Waals surface area contributed by atoms with Gasteiger partial charge in [0.05, 0.1) is 12.2 Å². The SMILES string of the molecule is CC(NCC(=O)Nc1ccccc1I)(C(=O)O)C(F)(F)F. The summed E-state index contributed by atoms with van der Waals surface area (Å²) in [6.07, 6.45) is -5.03. The topological polar surface area (TPSA) is 78.4 Å². The first-order valence-electron chi connectivity index (χ1n) is 5.67. The number of amides is 1.